The van der Waals surface area contributed by atoms with E-state index >= 15 is 0 Å². The van der Waals surface area contributed by atoms with Crippen molar-refractivity contribution in [3.8, 4) is 0 Å². The Hall–Kier alpha value is -2.17. The third-order valence-corrected chi connectivity index (χ3v) is 2.99. The lowest BCUT2D eigenvalue weighted by Gasteiger charge is -2.20. The molecule has 0 aliphatic carbocycles. The number of carbonyl (C=O) groups is 3. The first-order valence-electron chi connectivity index (χ1n) is 5.33. The molecule has 2 aliphatic rings. The van der Waals surface area contributed by atoms with Crippen molar-refractivity contribution >= 4 is 17.8 Å². The van der Waals surface area contributed by atoms with Gasteiger partial charge in [0, 0.05) is 18.4 Å². The number of carbonyl (C=O) groups excluding carboxylic acids is 3. The zero-order valence-electron chi connectivity index (χ0n) is 8.88. The van der Waals surface area contributed by atoms with E-state index < -0.39 is 12.2 Å². The predicted molar refractivity (Wildman–Crippen MR) is 55.7 cm³/mol. The lowest BCUT2D eigenvalue weighted by Crippen LogP contribution is -2.33. The molecule has 0 saturated carbocycles. The number of amides is 2. The highest BCUT2D eigenvalue weighted by Crippen LogP contribution is 2.35. The number of hydrogen-bond donors (Lipinski definition) is 0. The number of hydrogen-bond acceptors (Lipinski definition) is 4. The van der Waals surface area contributed by atoms with Gasteiger partial charge in [0.15, 0.2) is 0 Å². The van der Waals surface area contributed by atoms with Crippen molar-refractivity contribution in [2.24, 2.45) is 0 Å². The Kier molecular flexibility index (Phi) is 2.01. The monoisotopic (exact) mass is 231 g/mol. The molecule has 86 valence electrons. The summed E-state index contributed by atoms with van der Waals surface area (Å²) in [4.78, 5) is 35.8. The molecular weight excluding hydrogens is 222 g/mol. The molecule has 1 unspecified atom stereocenters. The molecular formula is C12H9NO4. The lowest BCUT2D eigenvalue weighted by atomic mass is 10.1. The standard InChI is InChI=1S/C12H9NO4/c14-9-5-6-10(15)13(9)11-7-3-1-2-4-8(7)12(16)17-11/h1-4,11H,5-6H2. The van der Waals surface area contributed by atoms with E-state index in [0.717, 1.165) is 4.90 Å². The van der Waals surface area contributed by atoms with Gasteiger partial charge in [-0.05, 0) is 6.07 Å². The smallest absolute Gasteiger partial charge is 0.340 e. The van der Waals surface area contributed by atoms with Crippen molar-refractivity contribution in [2.45, 2.75) is 19.1 Å². The highest BCUT2D eigenvalue weighted by Gasteiger charge is 2.43. The summed E-state index contributed by atoms with van der Waals surface area (Å²) >= 11 is 0. The number of fused-ring (bicyclic) bond motifs is 1. The number of benzene rings is 1. The Morgan fingerprint density at radius 2 is 1.71 bits per heavy atom. The molecule has 0 N–H and O–H groups in total. The summed E-state index contributed by atoms with van der Waals surface area (Å²) in [5.74, 6) is -1.06. The van der Waals surface area contributed by atoms with E-state index in [1.165, 1.54) is 0 Å². The van der Waals surface area contributed by atoms with Gasteiger partial charge in [-0.2, -0.15) is 0 Å². The quantitative estimate of drug-likeness (QED) is 0.534. The summed E-state index contributed by atoms with van der Waals surface area (Å²) in [6, 6.07) is 6.79. The van der Waals surface area contributed by atoms with Gasteiger partial charge in [0.05, 0.1) is 5.56 Å². The van der Waals surface area contributed by atoms with Crippen LogP contribution in [0.25, 0.3) is 0 Å². The van der Waals surface area contributed by atoms with Crippen LogP contribution in [-0.2, 0) is 14.3 Å². The molecule has 0 spiro atoms. The molecule has 1 atom stereocenters. The SMILES string of the molecule is O=C1OC(N2C(=O)CCC2=O)c2ccccc21. The van der Waals surface area contributed by atoms with E-state index in [1.54, 1.807) is 24.3 Å². The van der Waals surface area contributed by atoms with Gasteiger partial charge in [-0.1, -0.05) is 18.2 Å². The van der Waals surface area contributed by atoms with Crippen LogP contribution in [0.3, 0.4) is 0 Å². The Morgan fingerprint density at radius 3 is 2.41 bits per heavy atom. The highest BCUT2D eigenvalue weighted by molar-refractivity contribution is 6.03. The Morgan fingerprint density at radius 1 is 1.06 bits per heavy atom. The number of esters is 1. The number of imide groups is 1. The van der Waals surface area contributed by atoms with Crippen molar-refractivity contribution < 1.29 is 19.1 Å². The summed E-state index contributed by atoms with van der Waals surface area (Å²) in [6.07, 6.45) is -0.495. The Labute approximate surface area is 97.0 Å². The lowest BCUT2D eigenvalue weighted by molar-refractivity contribution is -0.149. The minimum absolute atomic E-state index is 0.190. The molecule has 17 heavy (non-hydrogen) atoms. The fourth-order valence-electron chi connectivity index (χ4n) is 2.17. The predicted octanol–water partition coefficient (Wildman–Crippen LogP) is 1.00. The maximum Gasteiger partial charge on any atom is 0.340 e. The molecule has 3 rings (SSSR count). The van der Waals surface area contributed by atoms with Crippen LogP contribution >= 0.6 is 0 Å². The zero-order chi connectivity index (χ0) is 12.0. The van der Waals surface area contributed by atoms with Crippen molar-refractivity contribution in [1.82, 2.24) is 4.90 Å². The molecule has 2 heterocycles. The summed E-state index contributed by atoms with van der Waals surface area (Å²) in [5.41, 5.74) is 1.01. The molecule has 5 heteroatoms. The van der Waals surface area contributed by atoms with Crippen molar-refractivity contribution in [2.75, 3.05) is 0 Å². The molecule has 1 aromatic carbocycles. The summed E-state index contributed by atoms with van der Waals surface area (Å²) in [5, 5.41) is 0. The molecule has 5 nitrogen and oxygen atoms in total. The third kappa shape index (κ3) is 1.35. The van der Waals surface area contributed by atoms with Crippen LogP contribution in [-0.4, -0.2) is 22.7 Å². The fourth-order valence-corrected chi connectivity index (χ4v) is 2.17. The Bertz CT molecular complexity index is 521. The molecule has 0 radical (unpaired) electrons. The van der Waals surface area contributed by atoms with E-state index in [1.807, 2.05) is 0 Å². The molecule has 2 aliphatic heterocycles. The number of ether oxygens (including phenoxy) is 1. The highest BCUT2D eigenvalue weighted by atomic mass is 16.6. The summed E-state index contributed by atoms with van der Waals surface area (Å²) in [7, 11) is 0. The minimum Gasteiger partial charge on any atom is -0.433 e. The van der Waals surface area contributed by atoms with Crippen LogP contribution in [0.4, 0.5) is 0 Å². The third-order valence-electron chi connectivity index (χ3n) is 2.99. The van der Waals surface area contributed by atoms with E-state index in [4.69, 9.17) is 4.74 Å². The number of rotatable bonds is 1. The van der Waals surface area contributed by atoms with Crippen LogP contribution in [0.2, 0.25) is 0 Å². The number of cyclic esters (lactones) is 1. The van der Waals surface area contributed by atoms with Crippen LogP contribution in [0.15, 0.2) is 24.3 Å². The van der Waals surface area contributed by atoms with Crippen LogP contribution in [0.5, 0.6) is 0 Å². The second kappa shape index (κ2) is 3.41. The minimum atomic E-state index is -0.874. The van der Waals surface area contributed by atoms with Crippen molar-refractivity contribution in [1.29, 1.82) is 0 Å². The van der Waals surface area contributed by atoms with Crippen LogP contribution in [0, 0.1) is 0 Å². The first-order chi connectivity index (χ1) is 8.18. The second-order valence-corrected chi connectivity index (χ2v) is 4.00. The average Bonchev–Trinajstić information content (AvgIpc) is 2.82. The van der Waals surface area contributed by atoms with Gasteiger partial charge in [0.2, 0.25) is 18.0 Å². The molecule has 2 amide bonds. The maximum atomic E-state index is 11.6. The van der Waals surface area contributed by atoms with Gasteiger partial charge in [0.25, 0.3) is 0 Å². The van der Waals surface area contributed by atoms with E-state index in [9.17, 15) is 14.4 Å². The molecule has 1 saturated heterocycles. The zero-order valence-corrected chi connectivity index (χ0v) is 8.88. The van der Waals surface area contributed by atoms with Crippen LogP contribution in [0.1, 0.15) is 35.0 Å². The average molecular weight is 231 g/mol. The molecule has 0 bridgehead atoms. The van der Waals surface area contributed by atoms with Gasteiger partial charge in [-0.25, -0.2) is 9.69 Å². The fraction of sp³-hybridized carbons (Fsp3) is 0.250. The molecule has 1 fully saturated rings. The number of nitrogens with zero attached hydrogens (tertiary/aromatic N) is 1. The van der Waals surface area contributed by atoms with E-state index in [2.05, 4.69) is 0 Å². The number of likely N-dealkylation sites (tertiary alicyclic amines) is 1. The van der Waals surface area contributed by atoms with E-state index in [0.29, 0.717) is 11.1 Å². The molecule has 1 aromatic rings. The van der Waals surface area contributed by atoms with Gasteiger partial charge < -0.3 is 4.74 Å². The second-order valence-electron chi connectivity index (χ2n) is 4.00. The van der Waals surface area contributed by atoms with E-state index in [-0.39, 0.29) is 24.7 Å². The van der Waals surface area contributed by atoms with Gasteiger partial charge >= 0.3 is 5.97 Å². The first kappa shape index (κ1) is 10.0. The van der Waals surface area contributed by atoms with Gasteiger partial charge in [-0.3, -0.25) is 9.59 Å². The maximum absolute atomic E-state index is 11.6. The summed E-state index contributed by atoms with van der Waals surface area (Å²) in [6.45, 7) is 0. The van der Waals surface area contributed by atoms with Crippen molar-refractivity contribution in [3.63, 3.8) is 0 Å². The van der Waals surface area contributed by atoms with Crippen molar-refractivity contribution in [3.05, 3.63) is 35.4 Å². The van der Waals surface area contributed by atoms with Crippen LogP contribution < -0.4 is 0 Å². The summed E-state index contributed by atoms with van der Waals surface area (Å²) < 4.78 is 5.10. The van der Waals surface area contributed by atoms with Gasteiger partial charge in [0.1, 0.15) is 0 Å². The first-order valence-corrected chi connectivity index (χ1v) is 5.33. The largest absolute Gasteiger partial charge is 0.433 e. The topological polar surface area (TPSA) is 63.7 Å². The normalized spacial score (nSPS) is 22.9. The Balaban J connectivity index is 2.04. The van der Waals surface area contributed by atoms with Gasteiger partial charge in [-0.15, -0.1) is 0 Å². The molecule has 0 aromatic heterocycles.